The van der Waals surface area contributed by atoms with E-state index < -0.39 is 0 Å². The van der Waals surface area contributed by atoms with Gasteiger partial charge in [0.25, 0.3) is 0 Å². The molecule has 0 radical (unpaired) electrons. The van der Waals surface area contributed by atoms with Gasteiger partial charge in [-0.2, -0.15) is 0 Å². The van der Waals surface area contributed by atoms with E-state index in [0.29, 0.717) is 12.2 Å². The number of rotatable bonds is 6. The van der Waals surface area contributed by atoms with Crippen LogP contribution >= 0.6 is 0 Å². The average Bonchev–Trinajstić information content (AvgIpc) is 2.03. The molecule has 78 valence electrons. The number of esters is 1. The first-order valence-electron chi connectivity index (χ1n) is 4.51. The number of hydrogen-bond donors (Lipinski definition) is 1. The van der Waals surface area contributed by atoms with Crippen molar-refractivity contribution in [2.75, 3.05) is 6.61 Å². The molecule has 0 aromatic carbocycles. The smallest absolute Gasteiger partial charge is 0.333 e. The number of ether oxygens (including phenoxy) is 1. The highest BCUT2D eigenvalue weighted by Gasteiger charge is 2.00. The van der Waals surface area contributed by atoms with Crippen LogP contribution in [0, 0.1) is 0 Å². The van der Waals surface area contributed by atoms with Crippen molar-refractivity contribution in [1.82, 2.24) is 6.15 Å². The summed E-state index contributed by atoms with van der Waals surface area (Å²) in [4.78, 5) is 10.9. The summed E-state index contributed by atoms with van der Waals surface area (Å²) in [5, 5.41) is 0. The third-order valence-electron chi connectivity index (χ3n) is 1.58. The lowest BCUT2D eigenvalue weighted by atomic mass is 10.2. The summed E-state index contributed by atoms with van der Waals surface area (Å²) < 4.78 is 4.91. The average molecular weight is 187 g/mol. The molecule has 0 aromatic heterocycles. The SMILES string of the molecule is C=C(C)C(=O)OCCCCCC.N. The normalized spacial score (nSPS) is 8.77. The maximum atomic E-state index is 10.9. The first-order valence-corrected chi connectivity index (χ1v) is 4.51. The molecule has 3 heteroatoms. The molecule has 0 aromatic rings. The Kier molecular flexibility index (Phi) is 10.5. The fourth-order valence-corrected chi connectivity index (χ4v) is 0.817. The van der Waals surface area contributed by atoms with E-state index in [4.69, 9.17) is 4.74 Å². The Morgan fingerprint density at radius 1 is 1.31 bits per heavy atom. The van der Waals surface area contributed by atoms with Crippen LogP contribution < -0.4 is 6.15 Å². The van der Waals surface area contributed by atoms with Crippen LogP contribution in [-0.2, 0) is 9.53 Å². The molecular formula is C10H21NO2. The molecule has 0 rings (SSSR count). The minimum absolute atomic E-state index is 0. The van der Waals surface area contributed by atoms with Gasteiger partial charge in [0.2, 0.25) is 0 Å². The van der Waals surface area contributed by atoms with Crippen LogP contribution in [0.2, 0.25) is 0 Å². The van der Waals surface area contributed by atoms with Gasteiger partial charge in [0.05, 0.1) is 6.61 Å². The molecule has 0 aliphatic rings. The molecule has 0 heterocycles. The molecule has 0 spiro atoms. The second-order valence-corrected chi connectivity index (χ2v) is 2.98. The third-order valence-corrected chi connectivity index (χ3v) is 1.58. The first kappa shape index (κ1) is 14.7. The Hall–Kier alpha value is -0.830. The van der Waals surface area contributed by atoms with Gasteiger partial charge in [0, 0.05) is 5.57 Å². The maximum Gasteiger partial charge on any atom is 0.333 e. The lowest BCUT2D eigenvalue weighted by Gasteiger charge is -2.02. The second-order valence-electron chi connectivity index (χ2n) is 2.98. The minimum Gasteiger partial charge on any atom is -0.462 e. The fourth-order valence-electron chi connectivity index (χ4n) is 0.817. The highest BCUT2D eigenvalue weighted by Crippen LogP contribution is 2.00. The molecule has 0 unspecified atom stereocenters. The van der Waals surface area contributed by atoms with Crippen molar-refractivity contribution < 1.29 is 9.53 Å². The van der Waals surface area contributed by atoms with E-state index in [0.717, 1.165) is 12.8 Å². The van der Waals surface area contributed by atoms with E-state index in [-0.39, 0.29) is 12.1 Å². The van der Waals surface area contributed by atoms with Gasteiger partial charge in [-0.25, -0.2) is 4.79 Å². The summed E-state index contributed by atoms with van der Waals surface area (Å²) >= 11 is 0. The van der Waals surface area contributed by atoms with Gasteiger partial charge in [0.15, 0.2) is 0 Å². The number of carbonyl (C=O) groups is 1. The number of unbranched alkanes of at least 4 members (excludes halogenated alkanes) is 3. The Labute approximate surface area is 80.7 Å². The molecule has 0 amide bonds. The lowest BCUT2D eigenvalue weighted by molar-refractivity contribution is -0.139. The maximum absolute atomic E-state index is 10.9. The van der Waals surface area contributed by atoms with Crippen LogP contribution in [0.1, 0.15) is 39.5 Å². The highest BCUT2D eigenvalue weighted by molar-refractivity contribution is 5.86. The van der Waals surface area contributed by atoms with Crippen LogP contribution in [0.3, 0.4) is 0 Å². The van der Waals surface area contributed by atoms with E-state index in [1.54, 1.807) is 6.92 Å². The van der Waals surface area contributed by atoms with Gasteiger partial charge in [-0.05, 0) is 13.3 Å². The van der Waals surface area contributed by atoms with Gasteiger partial charge < -0.3 is 10.9 Å². The summed E-state index contributed by atoms with van der Waals surface area (Å²) in [7, 11) is 0. The second kappa shape index (κ2) is 9.26. The summed E-state index contributed by atoms with van der Waals surface area (Å²) in [6.45, 7) is 7.84. The Morgan fingerprint density at radius 3 is 2.38 bits per heavy atom. The monoisotopic (exact) mass is 187 g/mol. The zero-order chi connectivity index (χ0) is 9.40. The standard InChI is InChI=1S/C10H18O2.H3N/c1-4-5-6-7-8-12-10(11)9(2)3;/h2,4-8H2,1,3H3;1H3. The van der Waals surface area contributed by atoms with Gasteiger partial charge in [0.1, 0.15) is 0 Å². The van der Waals surface area contributed by atoms with E-state index in [2.05, 4.69) is 13.5 Å². The Morgan fingerprint density at radius 2 is 1.92 bits per heavy atom. The van der Waals surface area contributed by atoms with Crippen molar-refractivity contribution in [3.63, 3.8) is 0 Å². The van der Waals surface area contributed by atoms with Crippen molar-refractivity contribution >= 4 is 5.97 Å². The van der Waals surface area contributed by atoms with Gasteiger partial charge in [-0.3, -0.25) is 0 Å². The van der Waals surface area contributed by atoms with Crippen molar-refractivity contribution in [1.29, 1.82) is 0 Å². The summed E-state index contributed by atoms with van der Waals surface area (Å²) in [5.41, 5.74) is 0.477. The molecule has 0 saturated heterocycles. The molecular weight excluding hydrogens is 166 g/mol. The summed E-state index contributed by atoms with van der Waals surface area (Å²) in [6, 6.07) is 0. The topological polar surface area (TPSA) is 61.3 Å². The molecule has 0 fully saturated rings. The highest BCUT2D eigenvalue weighted by atomic mass is 16.5. The largest absolute Gasteiger partial charge is 0.462 e. The molecule has 3 nitrogen and oxygen atoms in total. The summed E-state index contributed by atoms with van der Waals surface area (Å²) in [5.74, 6) is -0.272. The van der Waals surface area contributed by atoms with Gasteiger partial charge >= 0.3 is 5.97 Å². The molecule has 0 saturated carbocycles. The molecule has 0 bridgehead atoms. The molecule has 3 N–H and O–H groups in total. The minimum atomic E-state index is -0.272. The van der Waals surface area contributed by atoms with E-state index in [9.17, 15) is 4.79 Å². The zero-order valence-electron chi connectivity index (χ0n) is 8.77. The van der Waals surface area contributed by atoms with E-state index >= 15 is 0 Å². The molecule has 0 aliphatic heterocycles. The zero-order valence-corrected chi connectivity index (χ0v) is 8.77. The van der Waals surface area contributed by atoms with E-state index in [1.165, 1.54) is 12.8 Å². The predicted molar refractivity (Wildman–Crippen MR) is 54.9 cm³/mol. The van der Waals surface area contributed by atoms with Crippen LogP contribution in [0.15, 0.2) is 12.2 Å². The van der Waals surface area contributed by atoms with Crippen LogP contribution in [0.4, 0.5) is 0 Å². The lowest BCUT2D eigenvalue weighted by Crippen LogP contribution is -2.05. The van der Waals surface area contributed by atoms with Crippen LogP contribution in [-0.4, -0.2) is 12.6 Å². The van der Waals surface area contributed by atoms with Crippen molar-refractivity contribution in [2.24, 2.45) is 0 Å². The fraction of sp³-hybridized carbons (Fsp3) is 0.700. The number of carbonyl (C=O) groups excluding carboxylic acids is 1. The van der Waals surface area contributed by atoms with Gasteiger partial charge in [-0.15, -0.1) is 0 Å². The first-order chi connectivity index (χ1) is 5.68. The van der Waals surface area contributed by atoms with Crippen molar-refractivity contribution in [2.45, 2.75) is 39.5 Å². The number of hydrogen-bond acceptors (Lipinski definition) is 3. The molecule has 0 atom stereocenters. The van der Waals surface area contributed by atoms with Crippen molar-refractivity contribution in [3.05, 3.63) is 12.2 Å². The van der Waals surface area contributed by atoms with E-state index in [1.807, 2.05) is 0 Å². The Bertz CT molecular complexity index is 155. The quantitative estimate of drug-likeness (QED) is 0.395. The predicted octanol–water partition coefficient (Wildman–Crippen LogP) is 2.85. The van der Waals surface area contributed by atoms with Crippen LogP contribution in [0.25, 0.3) is 0 Å². The summed E-state index contributed by atoms with van der Waals surface area (Å²) in [6.07, 6.45) is 4.52. The van der Waals surface area contributed by atoms with Gasteiger partial charge in [-0.1, -0.05) is 32.8 Å². The Balaban J connectivity index is 0. The van der Waals surface area contributed by atoms with Crippen molar-refractivity contribution in [3.8, 4) is 0 Å². The third kappa shape index (κ3) is 9.08. The molecule has 0 aliphatic carbocycles. The molecule has 13 heavy (non-hydrogen) atoms. The van der Waals surface area contributed by atoms with Crippen LogP contribution in [0.5, 0.6) is 0 Å².